The second-order valence-electron chi connectivity index (χ2n) is 8.97. The number of aryl methyl sites for hydroxylation is 1. The summed E-state index contributed by atoms with van der Waals surface area (Å²) in [4.78, 5) is 8.43. The summed E-state index contributed by atoms with van der Waals surface area (Å²) in [5.74, 6) is 0.266. The van der Waals surface area contributed by atoms with Crippen molar-refractivity contribution < 1.29 is 27.2 Å². The van der Waals surface area contributed by atoms with Crippen molar-refractivity contribution >= 4 is 65.9 Å². The lowest BCUT2D eigenvalue weighted by atomic mass is 10.2. The van der Waals surface area contributed by atoms with Gasteiger partial charge in [0.05, 0.1) is 38.3 Å². The Morgan fingerprint density at radius 3 is 2.62 bits per heavy atom. The van der Waals surface area contributed by atoms with Gasteiger partial charge in [-0.05, 0) is 54.9 Å². The third-order valence-corrected chi connectivity index (χ3v) is 7.95. The predicted molar refractivity (Wildman–Crippen MR) is 160 cm³/mol. The average molecular weight is 628 g/mol. The molecule has 0 atom stereocenters. The van der Waals surface area contributed by atoms with Gasteiger partial charge in [0.1, 0.15) is 17.6 Å². The summed E-state index contributed by atoms with van der Waals surface area (Å²) in [6, 6.07) is 16.1. The lowest BCUT2D eigenvalue weighted by molar-refractivity contribution is 0.278. The Bertz CT molecular complexity index is 1960. The highest BCUT2D eigenvalue weighted by Gasteiger charge is 2.16. The van der Waals surface area contributed by atoms with Crippen LogP contribution in [0.1, 0.15) is 5.56 Å². The van der Waals surface area contributed by atoms with Gasteiger partial charge in [0.15, 0.2) is 17.4 Å². The number of nitrogens with zero attached hydrogens (tertiary/aromatic N) is 4. The van der Waals surface area contributed by atoms with Crippen LogP contribution in [0, 0.1) is 12.7 Å². The summed E-state index contributed by atoms with van der Waals surface area (Å²) in [6.45, 7) is 2.20. The first kappa shape index (κ1) is 29.4. The van der Waals surface area contributed by atoms with Crippen LogP contribution in [0.15, 0.2) is 84.3 Å². The number of aliphatic hydroxyl groups excluding tert-OH is 1. The highest BCUT2D eigenvalue weighted by Crippen LogP contribution is 2.38. The largest absolute Gasteiger partial charge is 0.452 e. The van der Waals surface area contributed by atoms with E-state index in [-0.39, 0.29) is 22.3 Å². The Morgan fingerprint density at radius 1 is 1.12 bits per heavy atom. The van der Waals surface area contributed by atoms with E-state index in [9.17, 15) is 17.9 Å². The third kappa shape index (κ3) is 6.50. The minimum atomic E-state index is -4.02. The Hall–Kier alpha value is -4.14. The van der Waals surface area contributed by atoms with E-state index in [0.29, 0.717) is 34.8 Å². The number of anilines is 2. The summed E-state index contributed by atoms with van der Waals surface area (Å²) in [5, 5.41) is 13.3. The van der Waals surface area contributed by atoms with E-state index < -0.39 is 15.9 Å². The summed E-state index contributed by atoms with van der Waals surface area (Å²) < 4.78 is 57.2. The summed E-state index contributed by atoms with van der Waals surface area (Å²) in [5.41, 5.74) is 2.76. The zero-order chi connectivity index (χ0) is 29.9. The fraction of sp³-hybridized carbons (Fsp3) is 0.107. The molecule has 0 amide bonds. The minimum Gasteiger partial charge on any atom is -0.452 e. The second-order valence-corrected chi connectivity index (χ2v) is 11.6. The molecule has 0 aliphatic rings. The summed E-state index contributed by atoms with van der Waals surface area (Å²) >= 11 is 7.70. The molecular weight excluding hydrogens is 605 g/mol. The minimum absolute atomic E-state index is 0.0307. The summed E-state index contributed by atoms with van der Waals surface area (Å²) in [6.07, 6.45) is 4.91. The zero-order valence-corrected chi connectivity index (χ0v) is 24.3. The maximum Gasteiger partial charge on any atom is 0.294 e. The smallest absolute Gasteiger partial charge is 0.294 e. The van der Waals surface area contributed by atoms with Crippen LogP contribution >= 0.6 is 23.1 Å². The first-order valence-electron chi connectivity index (χ1n) is 12.4. The molecule has 3 N–H and O–H groups in total. The average Bonchev–Trinajstić information content (AvgIpc) is 3.60. The van der Waals surface area contributed by atoms with E-state index in [1.807, 2.05) is 35.9 Å². The molecule has 3 heterocycles. The topological polar surface area (TPSA) is 139 Å². The molecule has 0 fully saturated rings. The third-order valence-electron chi connectivity index (χ3n) is 6.04. The predicted octanol–water partition coefficient (Wildman–Crippen LogP) is 6.60. The van der Waals surface area contributed by atoms with Crippen molar-refractivity contribution in [1.82, 2.24) is 18.9 Å². The number of rotatable bonds is 7. The van der Waals surface area contributed by atoms with E-state index in [2.05, 4.69) is 19.7 Å². The van der Waals surface area contributed by atoms with Gasteiger partial charge in [-0.15, -0.1) is 0 Å². The second kappa shape index (κ2) is 12.4. The molecule has 42 heavy (non-hydrogen) atoms. The Morgan fingerprint density at radius 2 is 1.90 bits per heavy atom. The van der Waals surface area contributed by atoms with E-state index in [0.717, 1.165) is 15.6 Å². The first-order valence-corrected chi connectivity index (χ1v) is 15.0. The standard InChI is InChI=1S/C21H15ClFN5O2S.C7H8O3S/c22-14-8-12(27-21-19-16(24-11-25-21)4-5-28(19)6-7-29)9-15(23)20(14)30-17-2-1-3-18-13(17)10-26-31-18;1-6-2-4-7(5-3-6)11(8,9)10/h1-5,8-11,29H,6-7H2,(H,24,25,27);2-5H,1H3,(H,8,9,10). The van der Waals surface area contributed by atoms with Gasteiger partial charge in [-0.25, -0.2) is 14.4 Å². The fourth-order valence-corrected chi connectivity index (χ4v) is 5.45. The van der Waals surface area contributed by atoms with Gasteiger partial charge in [-0.3, -0.25) is 4.55 Å². The number of aromatic nitrogens is 4. The molecule has 0 bridgehead atoms. The zero-order valence-electron chi connectivity index (χ0n) is 21.9. The van der Waals surface area contributed by atoms with E-state index in [4.69, 9.17) is 20.9 Å². The van der Waals surface area contributed by atoms with Gasteiger partial charge in [0, 0.05) is 24.5 Å². The number of halogens is 2. The molecule has 3 aromatic carbocycles. The van der Waals surface area contributed by atoms with Crippen LogP contribution in [0.2, 0.25) is 5.02 Å². The van der Waals surface area contributed by atoms with Crippen LogP contribution in [0.4, 0.5) is 15.9 Å². The SMILES string of the molecule is Cc1ccc(S(=O)(=O)O)cc1.OCCn1ccc2ncnc(Nc3cc(F)c(Oc4cccc5sncc45)c(Cl)c3)c21. The Balaban J connectivity index is 0.000000271. The first-order chi connectivity index (χ1) is 20.1. The molecule has 0 spiro atoms. The molecule has 216 valence electrons. The lowest BCUT2D eigenvalue weighted by Crippen LogP contribution is -2.04. The monoisotopic (exact) mass is 627 g/mol. The lowest BCUT2D eigenvalue weighted by Gasteiger charge is -2.13. The molecule has 0 radical (unpaired) electrons. The molecule has 0 saturated heterocycles. The van der Waals surface area contributed by atoms with Crippen LogP contribution < -0.4 is 10.1 Å². The van der Waals surface area contributed by atoms with Crippen molar-refractivity contribution in [2.45, 2.75) is 18.4 Å². The Kier molecular flexibility index (Phi) is 8.66. The number of ether oxygens (including phenoxy) is 1. The summed E-state index contributed by atoms with van der Waals surface area (Å²) in [7, 11) is -4.02. The molecule has 0 unspecified atom stereocenters. The van der Waals surface area contributed by atoms with Gasteiger partial charge < -0.3 is 19.7 Å². The molecule has 3 aromatic heterocycles. The molecule has 0 aliphatic heterocycles. The molecule has 0 aliphatic carbocycles. The van der Waals surface area contributed by atoms with Crippen molar-refractivity contribution in [3.05, 3.63) is 95.8 Å². The molecule has 0 saturated carbocycles. The van der Waals surface area contributed by atoms with Gasteiger partial charge >= 0.3 is 0 Å². The van der Waals surface area contributed by atoms with E-state index in [1.165, 1.54) is 36.1 Å². The van der Waals surface area contributed by atoms with E-state index in [1.54, 1.807) is 30.5 Å². The highest BCUT2D eigenvalue weighted by molar-refractivity contribution is 7.85. The van der Waals surface area contributed by atoms with Gasteiger partial charge in [-0.1, -0.05) is 35.4 Å². The van der Waals surface area contributed by atoms with Crippen LogP contribution in [-0.4, -0.2) is 43.6 Å². The maximum absolute atomic E-state index is 14.9. The normalized spacial score (nSPS) is 11.4. The van der Waals surface area contributed by atoms with Crippen molar-refractivity contribution in [2.24, 2.45) is 0 Å². The number of nitrogens with one attached hydrogen (secondary N) is 1. The highest BCUT2D eigenvalue weighted by atomic mass is 35.5. The van der Waals surface area contributed by atoms with Crippen molar-refractivity contribution in [1.29, 1.82) is 0 Å². The maximum atomic E-state index is 14.9. The number of fused-ring (bicyclic) bond motifs is 2. The van der Waals surface area contributed by atoms with Gasteiger partial charge in [0.25, 0.3) is 10.1 Å². The van der Waals surface area contributed by atoms with Gasteiger partial charge in [0.2, 0.25) is 0 Å². The van der Waals surface area contributed by atoms with Crippen molar-refractivity contribution in [3.63, 3.8) is 0 Å². The van der Waals surface area contributed by atoms with Crippen molar-refractivity contribution in [2.75, 3.05) is 11.9 Å². The molecule has 10 nitrogen and oxygen atoms in total. The molecule has 14 heteroatoms. The molecule has 6 rings (SSSR count). The molecular formula is C28H23ClFN5O5S2. The quantitative estimate of drug-likeness (QED) is 0.167. The van der Waals surface area contributed by atoms with Crippen LogP contribution in [0.25, 0.3) is 21.1 Å². The molecule has 6 aromatic rings. The van der Waals surface area contributed by atoms with Crippen LogP contribution in [-0.2, 0) is 16.7 Å². The Labute approximate surface area is 248 Å². The van der Waals surface area contributed by atoms with Gasteiger partial charge in [-0.2, -0.15) is 12.8 Å². The number of hydrogen-bond donors (Lipinski definition) is 3. The van der Waals surface area contributed by atoms with Crippen molar-refractivity contribution in [3.8, 4) is 11.5 Å². The number of aliphatic hydroxyl groups is 1. The van der Waals surface area contributed by atoms with Crippen LogP contribution in [0.3, 0.4) is 0 Å². The fourth-order valence-electron chi connectivity index (χ4n) is 4.06. The number of benzene rings is 3. The van der Waals surface area contributed by atoms with E-state index >= 15 is 0 Å². The van der Waals surface area contributed by atoms with Crippen LogP contribution in [0.5, 0.6) is 11.5 Å². The number of hydrogen-bond acceptors (Lipinski definition) is 9.